The van der Waals surface area contributed by atoms with Crippen molar-refractivity contribution in [1.82, 2.24) is 0 Å². The van der Waals surface area contributed by atoms with Crippen LogP contribution in [0, 0.1) is 5.82 Å². The number of hydrogen-bond donors (Lipinski definition) is 0. The first kappa shape index (κ1) is 10.6. The molecule has 0 radical (unpaired) electrons. The normalized spacial score (nSPS) is 10.1. The van der Waals surface area contributed by atoms with Crippen molar-refractivity contribution in [3.05, 3.63) is 71.0 Å². The molecule has 0 saturated heterocycles. The van der Waals surface area contributed by atoms with Gasteiger partial charge >= 0.3 is 0 Å². The van der Waals surface area contributed by atoms with Gasteiger partial charge in [-0.1, -0.05) is 42.5 Å². The molecule has 2 heteroatoms. The van der Waals surface area contributed by atoms with Gasteiger partial charge in [-0.3, -0.25) is 4.79 Å². The summed E-state index contributed by atoms with van der Waals surface area (Å²) in [5, 5.41) is 0. The van der Waals surface area contributed by atoms with Crippen LogP contribution >= 0.6 is 0 Å². The fourth-order valence-electron chi connectivity index (χ4n) is 1.67. The maximum Gasteiger partial charge on any atom is 0.150 e. The lowest BCUT2D eigenvalue weighted by Crippen LogP contribution is -1.98. The van der Waals surface area contributed by atoms with Crippen LogP contribution in [0.3, 0.4) is 0 Å². The van der Waals surface area contributed by atoms with Crippen LogP contribution in [0.5, 0.6) is 0 Å². The molecule has 0 fully saturated rings. The Balaban J connectivity index is 2.38. The van der Waals surface area contributed by atoms with Gasteiger partial charge < -0.3 is 0 Å². The highest BCUT2D eigenvalue weighted by Gasteiger charge is 2.07. The van der Waals surface area contributed by atoms with Crippen LogP contribution in [0.4, 0.5) is 4.39 Å². The molecule has 1 nitrogen and oxygen atoms in total. The van der Waals surface area contributed by atoms with Gasteiger partial charge in [-0.05, 0) is 11.6 Å². The van der Waals surface area contributed by atoms with Gasteiger partial charge in [0.25, 0.3) is 0 Å². The number of rotatable bonds is 3. The van der Waals surface area contributed by atoms with Gasteiger partial charge in [0.05, 0.1) is 0 Å². The van der Waals surface area contributed by atoms with Crippen LogP contribution in [-0.4, -0.2) is 6.29 Å². The second-order valence-electron chi connectivity index (χ2n) is 3.59. The molecule has 0 amide bonds. The van der Waals surface area contributed by atoms with Gasteiger partial charge in [0.15, 0.2) is 0 Å². The van der Waals surface area contributed by atoms with Gasteiger partial charge in [-0.25, -0.2) is 4.39 Å². The van der Waals surface area contributed by atoms with E-state index in [1.54, 1.807) is 12.1 Å². The monoisotopic (exact) mass is 214 g/mol. The summed E-state index contributed by atoms with van der Waals surface area (Å²) >= 11 is 0. The molecule has 16 heavy (non-hydrogen) atoms. The largest absolute Gasteiger partial charge is 0.298 e. The molecule has 0 atom stereocenters. The molecule has 0 aliphatic carbocycles. The molecule has 0 heterocycles. The zero-order valence-electron chi connectivity index (χ0n) is 8.69. The minimum absolute atomic E-state index is 0.326. The smallest absolute Gasteiger partial charge is 0.150 e. The summed E-state index contributed by atoms with van der Waals surface area (Å²) in [6, 6.07) is 14.1. The first-order chi connectivity index (χ1) is 7.81. The zero-order chi connectivity index (χ0) is 11.4. The van der Waals surface area contributed by atoms with Crippen molar-refractivity contribution in [2.75, 3.05) is 0 Å². The molecule has 0 aliphatic rings. The Hall–Kier alpha value is -1.96. The highest BCUT2D eigenvalue weighted by Crippen LogP contribution is 2.16. The Morgan fingerprint density at radius 2 is 1.75 bits per heavy atom. The molecular weight excluding hydrogens is 203 g/mol. The van der Waals surface area contributed by atoms with Crippen LogP contribution in [0.2, 0.25) is 0 Å². The molecule has 2 rings (SSSR count). The lowest BCUT2D eigenvalue weighted by atomic mass is 10.00. The summed E-state index contributed by atoms with van der Waals surface area (Å²) in [6.45, 7) is 0. The van der Waals surface area contributed by atoms with Crippen molar-refractivity contribution in [2.24, 2.45) is 0 Å². The lowest BCUT2D eigenvalue weighted by Gasteiger charge is -2.06. The third kappa shape index (κ3) is 2.16. The molecule has 0 spiro atoms. The van der Waals surface area contributed by atoms with Crippen LogP contribution < -0.4 is 0 Å². The quantitative estimate of drug-likeness (QED) is 0.717. The van der Waals surface area contributed by atoms with E-state index in [2.05, 4.69) is 0 Å². The minimum Gasteiger partial charge on any atom is -0.298 e. The first-order valence-corrected chi connectivity index (χ1v) is 5.08. The van der Waals surface area contributed by atoms with E-state index in [0.29, 0.717) is 23.8 Å². The topological polar surface area (TPSA) is 17.1 Å². The Kier molecular flexibility index (Phi) is 3.10. The number of carbonyl (C=O) groups is 1. The van der Waals surface area contributed by atoms with Crippen molar-refractivity contribution in [1.29, 1.82) is 0 Å². The van der Waals surface area contributed by atoms with Gasteiger partial charge in [0.1, 0.15) is 12.1 Å². The molecule has 2 aromatic rings. The fourth-order valence-corrected chi connectivity index (χ4v) is 1.67. The molecule has 0 bridgehead atoms. The molecular formula is C14H11FO. The van der Waals surface area contributed by atoms with E-state index < -0.39 is 0 Å². The molecule has 0 saturated carbocycles. The average Bonchev–Trinajstić information content (AvgIpc) is 2.33. The highest BCUT2D eigenvalue weighted by atomic mass is 19.1. The third-order valence-corrected chi connectivity index (χ3v) is 2.51. The van der Waals surface area contributed by atoms with Crippen molar-refractivity contribution >= 4 is 6.29 Å². The van der Waals surface area contributed by atoms with Gasteiger partial charge in [-0.15, -0.1) is 0 Å². The molecule has 0 unspecified atom stereocenters. The van der Waals surface area contributed by atoms with Crippen LogP contribution in [0.15, 0.2) is 48.5 Å². The van der Waals surface area contributed by atoms with E-state index in [0.717, 1.165) is 5.56 Å². The van der Waals surface area contributed by atoms with E-state index in [1.807, 2.05) is 30.3 Å². The van der Waals surface area contributed by atoms with Gasteiger partial charge in [0, 0.05) is 17.5 Å². The summed E-state index contributed by atoms with van der Waals surface area (Å²) in [5.74, 6) is -0.326. The van der Waals surface area contributed by atoms with Crippen molar-refractivity contribution < 1.29 is 9.18 Å². The summed E-state index contributed by atoms with van der Waals surface area (Å²) < 4.78 is 13.6. The van der Waals surface area contributed by atoms with E-state index in [9.17, 15) is 9.18 Å². The predicted molar refractivity (Wildman–Crippen MR) is 61.0 cm³/mol. The number of hydrogen-bond acceptors (Lipinski definition) is 1. The maximum atomic E-state index is 13.6. The maximum absolute atomic E-state index is 13.6. The van der Waals surface area contributed by atoms with E-state index in [1.165, 1.54) is 6.07 Å². The van der Waals surface area contributed by atoms with Crippen LogP contribution in [0.25, 0.3) is 0 Å². The number of carbonyl (C=O) groups excluding carboxylic acids is 1. The van der Waals surface area contributed by atoms with E-state index in [-0.39, 0.29) is 5.82 Å². The Labute approximate surface area is 93.5 Å². The second-order valence-corrected chi connectivity index (χ2v) is 3.59. The van der Waals surface area contributed by atoms with Crippen LogP contribution in [0.1, 0.15) is 21.5 Å². The second kappa shape index (κ2) is 4.71. The molecule has 0 N–H and O–H groups in total. The van der Waals surface area contributed by atoms with E-state index >= 15 is 0 Å². The fraction of sp³-hybridized carbons (Fsp3) is 0.0714. The van der Waals surface area contributed by atoms with Gasteiger partial charge in [0.2, 0.25) is 0 Å². The lowest BCUT2D eigenvalue weighted by molar-refractivity contribution is 0.112. The standard InChI is InChI=1S/C14H11FO/c15-14-8-4-7-12(10-16)13(14)9-11-5-2-1-3-6-11/h1-8,10H,9H2. The predicted octanol–water partition coefficient (Wildman–Crippen LogP) is 3.23. The highest BCUT2D eigenvalue weighted by molar-refractivity contribution is 5.77. The summed E-state index contributed by atoms with van der Waals surface area (Å²) in [6.07, 6.45) is 1.14. The number of benzene rings is 2. The van der Waals surface area contributed by atoms with Crippen LogP contribution in [-0.2, 0) is 6.42 Å². The summed E-state index contributed by atoms with van der Waals surface area (Å²) in [5.41, 5.74) is 1.88. The first-order valence-electron chi connectivity index (χ1n) is 5.08. The Bertz CT molecular complexity index is 491. The van der Waals surface area contributed by atoms with Crippen molar-refractivity contribution in [3.63, 3.8) is 0 Å². The Morgan fingerprint density at radius 3 is 2.44 bits per heavy atom. The van der Waals surface area contributed by atoms with E-state index in [4.69, 9.17) is 0 Å². The summed E-state index contributed by atoms with van der Waals surface area (Å²) in [7, 11) is 0. The third-order valence-electron chi connectivity index (χ3n) is 2.51. The molecule has 0 aliphatic heterocycles. The summed E-state index contributed by atoms with van der Waals surface area (Å²) in [4.78, 5) is 10.8. The van der Waals surface area contributed by atoms with Crippen molar-refractivity contribution in [2.45, 2.75) is 6.42 Å². The molecule has 0 aromatic heterocycles. The number of aldehydes is 1. The minimum atomic E-state index is -0.326. The zero-order valence-corrected chi connectivity index (χ0v) is 8.69. The van der Waals surface area contributed by atoms with Gasteiger partial charge in [-0.2, -0.15) is 0 Å². The number of halogens is 1. The Morgan fingerprint density at radius 1 is 1.00 bits per heavy atom. The molecule has 2 aromatic carbocycles. The SMILES string of the molecule is O=Cc1cccc(F)c1Cc1ccccc1. The average molecular weight is 214 g/mol. The van der Waals surface area contributed by atoms with Crippen molar-refractivity contribution in [3.8, 4) is 0 Å². The molecule has 80 valence electrons.